The van der Waals surface area contributed by atoms with Gasteiger partial charge in [0.25, 0.3) is 0 Å². The van der Waals surface area contributed by atoms with Crippen LogP contribution in [0.5, 0.6) is 0 Å². The molecule has 5 nitrogen and oxygen atoms in total. The van der Waals surface area contributed by atoms with Gasteiger partial charge in [0.05, 0.1) is 20.3 Å². The van der Waals surface area contributed by atoms with Gasteiger partial charge < -0.3 is 19.0 Å². The number of ether oxygens (including phenoxy) is 3. The van der Waals surface area contributed by atoms with E-state index in [2.05, 4.69) is 13.8 Å². The van der Waals surface area contributed by atoms with Gasteiger partial charge in [-0.2, -0.15) is 0 Å². The summed E-state index contributed by atoms with van der Waals surface area (Å²) in [6, 6.07) is 0. The van der Waals surface area contributed by atoms with Crippen LogP contribution in [0.1, 0.15) is 46.5 Å². The molecule has 1 saturated heterocycles. The lowest BCUT2D eigenvalue weighted by molar-refractivity contribution is -0.136. The van der Waals surface area contributed by atoms with Gasteiger partial charge in [0.15, 0.2) is 6.29 Å². The van der Waals surface area contributed by atoms with Gasteiger partial charge in [0.2, 0.25) is 0 Å². The molecule has 0 aromatic carbocycles. The number of hydrogen-bond acceptors (Lipinski definition) is 5. The molecule has 23 heavy (non-hydrogen) atoms. The molecule has 0 amide bonds. The van der Waals surface area contributed by atoms with Gasteiger partial charge in [-0.15, -0.1) is 0 Å². The quantitative estimate of drug-likeness (QED) is 0.507. The summed E-state index contributed by atoms with van der Waals surface area (Å²) in [5, 5.41) is 0. The van der Waals surface area contributed by atoms with Crippen molar-refractivity contribution < 1.29 is 23.8 Å². The van der Waals surface area contributed by atoms with Crippen molar-refractivity contribution in [2.24, 2.45) is 17.3 Å². The third kappa shape index (κ3) is 4.64. The van der Waals surface area contributed by atoms with Crippen molar-refractivity contribution in [2.45, 2.75) is 52.7 Å². The Balaban J connectivity index is 1.98. The van der Waals surface area contributed by atoms with Crippen molar-refractivity contribution in [1.29, 1.82) is 0 Å². The van der Waals surface area contributed by atoms with E-state index in [9.17, 15) is 9.59 Å². The molecular formula is C18H28O5. The zero-order valence-corrected chi connectivity index (χ0v) is 14.6. The van der Waals surface area contributed by atoms with Crippen LogP contribution in [0.2, 0.25) is 0 Å². The second kappa shape index (κ2) is 7.58. The van der Waals surface area contributed by atoms with Crippen molar-refractivity contribution in [2.75, 3.05) is 20.3 Å². The molecule has 1 aliphatic heterocycles. The van der Waals surface area contributed by atoms with Crippen molar-refractivity contribution >= 4 is 11.8 Å². The van der Waals surface area contributed by atoms with E-state index in [1.807, 2.05) is 6.08 Å². The van der Waals surface area contributed by atoms with Crippen LogP contribution in [0.3, 0.4) is 0 Å². The van der Waals surface area contributed by atoms with Crippen LogP contribution in [0, 0.1) is 17.3 Å². The molecule has 5 heteroatoms. The van der Waals surface area contributed by atoms with Gasteiger partial charge in [-0.05, 0) is 37.0 Å². The van der Waals surface area contributed by atoms with Crippen molar-refractivity contribution in [3.8, 4) is 0 Å². The number of carbonyl (C=O) groups is 2. The Labute approximate surface area is 138 Å². The van der Waals surface area contributed by atoms with E-state index in [0.717, 1.165) is 6.42 Å². The fourth-order valence-electron chi connectivity index (χ4n) is 3.48. The molecule has 0 bridgehead atoms. The van der Waals surface area contributed by atoms with Gasteiger partial charge in [-0.3, -0.25) is 0 Å². The Hall–Kier alpha value is -1.20. The minimum Gasteiger partial charge on any atom is -0.466 e. The average molecular weight is 324 g/mol. The Morgan fingerprint density at radius 3 is 2.39 bits per heavy atom. The monoisotopic (exact) mass is 324 g/mol. The SMILES string of the molecule is COC(=O)/C(=C\[C@@H]1[C@@H](CCC(C)=O)C1(C)C)CCC1OCCO1. The van der Waals surface area contributed by atoms with Crippen LogP contribution in [0.15, 0.2) is 11.6 Å². The van der Waals surface area contributed by atoms with E-state index >= 15 is 0 Å². The van der Waals surface area contributed by atoms with E-state index < -0.39 is 0 Å². The second-order valence-corrected chi connectivity index (χ2v) is 7.09. The summed E-state index contributed by atoms with van der Waals surface area (Å²) < 4.78 is 15.8. The number of esters is 1. The van der Waals surface area contributed by atoms with Crippen LogP contribution >= 0.6 is 0 Å². The second-order valence-electron chi connectivity index (χ2n) is 7.09. The molecule has 0 aromatic rings. The molecule has 0 spiro atoms. The summed E-state index contributed by atoms with van der Waals surface area (Å²) in [5.41, 5.74) is 0.824. The molecule has 0 unspecified atom stereocenters. The lowest BCUT2D eigenvalue weighted by Gasteiger charge is -2.10. The summed E-state index contributed by atoms with van der Waals surface area (Å²) in [6.07, 6.45) is 4.56. The molecule has 130 valence electrons. The zero-order valence-electron chi connectivity index (χ0n) is 14.6. The summed E-state index contributed by atoms with van der Waals surface area (Å²) in [5.74, 6) is 0.710. The number of carbonyl (C=O) groups excluding carboxylic acids is 2. The molecule has 0 radical (unpaired) electrons. The highest BCUT2D eigenvalue weighted by atomic mass is 16.7. The summed E-state index contributed by atoms with van der Waals surface area (Å²) in [4.78, 5) is 23.2. The third-order valence-corrected chi connectivity index (χ3v) is 5.12. The van der Waals surface area contributed by atoms with Gasteiger partial charge in [-0.1, -0.05) is 19.9 Å². The lowest BCUT2D eigenvalue weighted by Crippen LogP contribution is -2.12. The summed E-state index contributed by atoms with van der Waals surface area (Å²) in [7, 11) is 1.41. The lowest BCUT2D eigenvalue weighted by atomic mass is 10.0. The Kier molecular flexibility index (Phi) is 5.98. The predicted molar refractivity (Wildman–Crippen MR) is 85.7 cm³/mol. The van der Waals surface area contributed by atoms with Gasteiger partial charge in [0, 0.05) is 18.4 Å². The molecule has 2 atom stereocenters. The van der Waals surface area contributed by atoms with Crippen LogP contribution in [-0.4, -0.2) is 38.4 Å². The highest BCUT2D eigenvalue weighted by Gasteiger charge is 2.55. The van der Waals surface area contributed by atoms with Crippen molar-refractivity contribution in [1.82, 2.24) is 0 Å². The fraction of sp³-hybridized carbons (Fsp3) is 0.778. The minimum absolute atomic E-state index is 0.134. The normalized spacial score (nSPS) is 27.0. The number of allylic oxidation sites excluding steroid dienone is 1. The first-order chi connectivity index (χ1) is 10.9. The van der Waals surface area contributed by atoms with E-state index in [-0.39, 0.29) is 23.5 Å². The van der Waals surface area contributed by atoms with Gasteiger partial charge in [0.1, 0.15) is 5.78 Å². The average Bonchev–Trinajstić information content (AvgIpc) is 2.85. The van der Waals surface area contributed by atoms with E-state index in [1.165, 1.54) is 7.11 Å². The number of methoxy groups -OCH3 is 1. The fourth-order valence-corrected chi connectivity index (χ4v) is 3.48. The van der Waals surface area contributed by atoms with Gasteiger partial charge >= 0.3 is 5.97 Å². The maximum Gasteiger partial charge on any atom is 0.333 e. The summed E-state index contributed by atoms with van der Waals surface area (Å²) in [6.45, 7) is 7.24. The zero-order chi connectivity index (χ0) is 17.0. The Bertz CT molecular complexity index is 474. The topological polar surface area (TPSA) is 61.8 Å². The molecular weight excluding hydrogens is 296 g/mol. The first-order valence-corrected chi connectivity index (χ1v) is 8.38. The molecule has 1 heterocycles. The van der Waals surface area contributed by atoms with Crippen LogP contribution in [0.25, 0.3) is 0 Å². The van der Waals surface area contributed by atoms with E-state index in [4.69, 9.17) is 14.2 Å². The van der Waals surface area contributed by atoms with Crippen LogP contribution in [0.4, 0.5) is 0 Å². The number of hydrogen-bond donors (Lipinski definition) is 0. The Morgan fingerprint density at radius 2 is 1.83 bits per heavy atom. The Morgan fingerprint density at radius 1 is 1.17 bits per heavy atom. The number of ketones is 1. The van der Waals surface area contributed by atoms with Crippen molar-refractivity contribution in [3.63, 3.8) is 0 Å². The first kappa shape index (κ1) is 18.1. The van der Waals surface area contributed by atoms with Crippen LogP contribution < -0.4 is 0 Å². The standard InChI is InChI=1S/C18H28O5/c1-12(19)5-7-14-15(18(14,2)3)11-13(17(20)21-4)6-8-16-22-9-10-23-16/h11,14-16H,5-10H2,1-4H3/b13-11-/t14-,15-/m1/s1. The molecule has 2 rings (SSSR count). The van der Waals surface area contributed by atoms with Crippen molar-refractivity contribution in [3.05, 3.63) is 11.6 Å². The molecule has 0 aromatic heterocycles. The smallest absolute Gasteiger partial charge is 0.333 e. The minimum atomic E-state index is -0.281. The maximum atomic E-state index is 12.0. The van der Waals surface area contributed by atoms with E-state index in [0.29, 0.717) is 49.9 Å². The molecule has 2 fully saturated rings. The maximum absolute atomic E-state index is 12.0. The number of rotatable bonds is 8. The van der Waals surface area contributed by atoms with Gasteiger partial charge in [-0.25, -0.2) is 4.79 Å². The highest BCUT2D eigenvalue weighted by molar-refractivity contribution is 5.88. The summed E-state index contributed by atoms with van der Waals surface area (Å²) >= 11 is 0. The number of Topliss-reactive ketones (excluding diaryl/α,β-unsaturated/α-hetero) is 1. The molecule has 0 N–H and O–H groups in total. The predicted octanol–water partition coefficient (Wildman–Crippen LogP) is 2.88. The highest BCUT2D eigenvalue weighted by Crippen LogP contribution is 2.61. The third-order valence-electron chi connectivity index (χ3n) is 5.12. The van der Waals surface area contributed by atoms with Crippen LogP contribution in [-0.2, 0) is 23.8 Å². The first-order valence-electron chi connectivity index (χ1n) is 8.38. The molecule has 1 aliphatic carbocycles. The van der Waals surface area contributed by atoms with E-state index in [1.54, 1.807) is 6.92 Å². The largest absolute Gasteiger partial charge is 0.466 e. The molecule has 2 aliphatic rings. The molecule has 1 saturated carbocycles.